The molecule has 0 heterocycles. The monoisotopic (exact) mass is 305 g/mol. The third-order valence-corrected chi connectivity index (χ3v) is 2.74. The summed E-state index contributed by atoms with van der Waals surface area (Å²) in [6, 6.07) is 4.43. The average molecular weight is 307 g/mol. The number of nitro benzene ring substituents is 1. The number of halogens is 2. The first-order valence-electron chi connectivity index (χ1n) is 4.52. The maximum Gasteiger partial charge on any atom is 0.280 e. The van der Waals surface area contributed by atoms with Crippen LogP contribution in [0.2, 0.25) is 0 Å². The summed E-state index contributed by atoms with van der Waals surface area (Å²) < 4.78 is 0. The molecule has 1 aromatic rings. The van der Waals surface area contributed by atoms with Crippen molar-refractivity contribution in [2.45, 2.75) is 12.3 Å². The molecule has 0 atom stereocenters. The van der Waals surface area contributed by atoms with Crippen molar-refractivity contribution in [2.24, 2.45) is 0 Å². The predicted octanol–water partition coefficient (Wildman–Crippen LogP) is 3.30. The van der Waals surface area contributed by atoms with E-state index in [4.69, 9.17) is 11.6 Å². The van der Waals surface area contributed by atoms with Crippen LogP contribution in [0.25, 0.3) is 0 Å². The van der Waals surface area contributed by atoms with Crippen molar-refractivity contribution in [3.8, 4) is 0 Å². The first kappa shape index (κ1) is 13.1. The highest BCUT2D eigenvalue weighted by Gasteiger charge is 2.19. The predicted molar refractivity (Wildman–Crippen MR) is 65.4 cm³/mol. The fourth-order valence-electron chi connectivity index (χ4n) is 1.27. The van der Waals surface area contributed by atoms with E-state index in [9.17, 15) is 14.9 Å². The summed E-state index contributed by atoms with van der Waals surface area (Å²) >= 11 is 8.71. The van der Waals surface area contributed by atoms with Crippen molar-refractivity contribution in [1.82, 2.24) is 0 Å². The number of nitro groups is 1. The molecule has 86 valence electrons. The van der Waals surface area contributed by atoms with Crippen molar-refractivity contribution in [1.29, 1.82) is 0 Å². The van der Waals surface area contributed by atoms with E-state index in [1.165, 1.54) is 12.1 Å². The summed E-state index contributed by atoms with van der Waals surface area (Å²) in [7, 11) is 0. The maximum atomic E-state index is 11.6. The van der Waals surface area contributed by atoms with Crippen molar-refractivity contribution in [2.75, 3.05) is 5.33 Å². The van der Waals surface area contributed by atoms with E-state index in [1.54, 1.807) is 6.07 Å². The number of carbonyl (C=O) groups is 1. The normalized spacial score (nSPS) is 10.1. The molecule has 0 aliphatic carbocycles. The molecule has 0 aromatic heterocycles. The second-order valence-corrected chi connectivity index (χ2v) is 4.16. The molecule has 0 unspecified atom stereocenters. The van der Waals surface area contributed by atoms with Crippen LogP contribution < -0.4 is 0 Å². The molecule has 0 bridgehead atoms. The zero-order valence-corrected chi connectivity index (χ0v) is 10.6. The van der Waals surface area contributed by atoms with Crippen LogP contribution in [0, 0.1) is 10.1 Å². The second-order valence-electron chi connectivity index (χ2n) is 3.10. The van der Waals surface area contributed by atoms with Crippen LogP contribution in [0.3, 0.4) is 0 Å². The van der Waals surface area contributed by atoms with Crippen molar-refractivity contribution >= 4 is 39.0 Å². The summed E-state index contributed by atoms with van der Waals surface area (Å²) in [5.74, 6) is -0.0574. The number of benzene rings is 1. The molecule has 0 fully saturated rings. The van der Waals surface area contributed by atoms with Gasteiger partial charge in [-0.15, -0.1) is 11.6 Å². The highest BCUT2D eigenvalue weighted by Crippen LogP contribution is 2.22. The number of hydrogen-bond donors (Lipinski definition) is 0. The van der Waals surface area contributed by atoms with E-state index >= 15 is 0 Å². The van der Waals surface area contributed by atoms with E-state index in [0.29, 0.717) is 10.9 Å². The third-order valence-electron chi connectivity index (χ3n) is 2.04. The Labute approximate surface area is 106 Å². The van der Waals surface area contributed by atoms with Gasteiger partial charge in [-0.1, -0.05) is 22.0 Å². The van der Waals surface area contributed by atoms with Gasteiger partial charge in [-0.3, -0.25) is 14.9 Å². The lowest BCUT2D eigenvalue weighted by Gasteiger charge is -2.02. The average Bonchev–Trinajstić information content (AvgIpc) is 2.28. The summed E-state index contributed by atoms with van der Waals surface area (Å²) in [4.78, 5) is 21.8. The Hall–Kier alpha value is -0.940. The van der Waals surface area contributed by atoms with Gasteiger partial charge in [-0.05, 0) is 11.6 Å². The van der Waals surface area contributed by atoms with Crippen LogP contribution in [0.15, 0.2) is 18.2 Å². The fraction of sp³-hybridized carbons (Fsp3) is 0.300. The van der Waals surface area contributed by atoms with Gasteiger partial charge in [-0.25, -0.2) is 0 Å². The largest absolute Gasteiger partial charge is 0.294 e. The van der Waals surface area contributed by atoms with Gasteiger partial charge >= 0.3 is 0 Å². The van der Waals surface area contributed by atoms with Crippen LogP contribution in [0.4, 0.5) is 5.69 Å². The maximum absolute atomic E-state index is 11.6. The van der Waals surface area contributed by atoms with E-state index in [0.717, 1.165) is 0 Å². The van der Waals surface area contributed by atoms with Crippen molar-refractivity contribution < 1.29 is 9.72 Å². The standard InChI is InChI=1S/C10H9BrClNO3/c11-4-3-10(14)8-2-1-7(6-12)5-9(8)13(15)16/h1-2,5H,3-4,6H2. The molecule has 0 aliphatic heterocycles. The molecule has 6 heteroatoms. The lowest BCUT2D eigenvalue weighted by atomic mass is 10.0. The van der Waals surface area contributed by atoms with Gasteiger partial charge in [0.2, 0.25) is 0 Å². The smallest absolute Gasteiger partial charge is 0.280 e. The van der Waals surface area contributed by atoms with Gasteiger partial charge in [0.1, 0.15) is 0 Å². The van der Waals surface area contributed by atoms with Crippen molar-refractivity contribution in [3.63, 3.8) is 0 Å². The summed E-state index contributed by atoms with van der Waals surface area (Å²) in [5.41, 5.74) is 0.589. The lowest BCUT2D eigenvalue weighted by molar-refractivity contribution is -0.385. The zero-order valence-electron chi connectivity index (χ0n) is 8.28. The number of nitrogens with zero attached hydrogens (tertiary/aromatic N) is 1. The highest BCUT2D eigenvalue weighted by atomic mass is 79.9. The van der Waals surface area contributed by atoms with Crippen LogP contribution in [-0.2, 0) is 5.88 Å². The Morgan fingerprint density at radius 1 is 1.50 bits per heavy atom. The molecule has 4 nitrogen and oxygen atoms in total. The van der Waals surface area contributed by atoms with Gasteiger partial charge in [0.15, 0.2) is 5.78 Å². The Balaban J connectivity index is 3.17. The molecular weight excluding hydrogens is 297 g/mol. The molecule has 0 spiro atoms. The molecular formula is C10H9BrClNO3. The Morgan fingerprint density at radius 3 is 2.69 bits per heavy atom. The minimum absolute atomic E-state index is 0.137. The number of Topliss-reactive ketones (excluding diaryl/α,β-unsaturated/α-hetero) is 1. The second kappa shape index (κ2) is 5.96. The van der Waals surface area contributed by atoms with E-state index in [2.05, 4.69) is 15.9 Å². The number of rotatable bonds is 5. The van der Waals surface area contributed by atoms with Crippen LogP contribution in [-0.4, -0.2) is 16.0 Å². The molecule has 16 heavy (non-hydrogen) atoms. The van der Waals surface area contributed by atoms with Crippen LogP contribution in [0.5, 0.6) is 0 Å². The van der Waals surface area contributed by atoms with Gasteiger partial charge in [-0.2, -0.15) is 0 Å². The van der Waals surface area contributed by atoms with Gasteiger partial charge in [0, 0.05) is 23.7 Å². The Kier molecular flexibility index (Phi) is 4.89. The summed E-state index contributed by atoms with van der Waals surface area (Å²) in [6.45, 7) is 0. The van der Waals surface area contributed by atoms with Crippen LogP contribution in [0.1, 0.15) is 22.3 Å². The molecule has 0 N–H and O–H groups in total. The highest BCUT2D eigenvalue weighted by molar-refractivity contribution is 9.09. The quantitative estimate of drug-likeness (QED) is 0.363. The van der Waals surface area contributed by atoms with Gasteiger partial charge in [0.25, 0.3) is 5.69 Å². The number of hydrogen-bond acceptors (Lipinski definition) is 3. The molecule has 0 saturated carbocycles. The molecule has 0 amide bonds. The first-order valence-corrected chi connectivity index (χ1v) is 6.18. The molecule has 0 radical (unpaired) electrons. The fourth-order valence-corrected chi connectivity index (χ4v) is 1.79. The van der Waals surface area contributed by atoms with Crippen LogP contribution >= 0.6 is 27.5 Å². The molecule has 1 rings (SSSR count). The van der Waals surface area contributed by atoms with E-state index in [-0.39, 0.29) is 29.3 Å². The minimum Gasteiger partial charge on any atom is -0.294 e. The molecule has 1 aromatic carbocycles. The Morgan fingerprint density at radius 2 is 2.19 bits per heavy atom. The summed E-state index contributed by atoms with van der Waals surface area (Å²) in [5, 5.41) is 11.3. The van der Waals surface area contributed by atoms with Gasteiger partial charge < -0.3 is 0 Å². The Bertz CT molecular complexity index is 423. The lowest BCUT2D eigenvalue weighted by Crippen LogP contribution is -2.05. The minimum atomic E-state index is -0.558. The number of ketones is 1. The zero-order chi connectivity index (χ0) is 12.1. The topological polar surface area (TPSA) is 60.2 Å². The van der Waals surface area contributed by atoms with E-state index < -0.39 is 4.92 Å². The van der Waals surface area contributed by atoms with E-state index in [1.807, 2.05) is 0 Å². The number of alkyl halides is 2. The first-order chi connectivity index (χ1) is 7.60. The molecule has 0 saturated heterocycles. The molecule has 0 aliphatic rings. The number of carbonyl (C=O) groups excluding carboxylic acids is 1. The summed E-state index contributed by atoms with van der Waals surface area (Å²) in [6.07, 6.45) is 0.237. The van der Waals surface area contributed by atoms with Crippen molar-refractivity contribution in [3.05, 3.63) is 39.4 Å². The van der Waals surface area contributed by atoms with Gasteiger partial charge in [0.05, 0.1) is 10.5 Å². The SMILES string of the molecule is O=C(CCBr)c1ccc(CCl)cc1[N+](=O)[O-]. The third kappa shape index (κ3) is 3.02.